The van der Waals surface area contributed by atoms with Crippen molar-refractivity contribution in [2.75, 3.05) is 0 Å². The van der Waals surface area contributed by atoms with E-state index in [0.717, 1.165) is 34.1 Å². The first-order chi connectivity index (χ1) is 12.8. The van der Waals surface area contributed by atoms with Crippen LogP contribution in [0.1, 0.15) is 37.7 Å². The summed E-state index contributed by atoms with van der Waals surface area (Å²) in [6.07, 6.45) is 0. The summed E-state index contributed by atoms with van der Waals surface area (Å²) >= 11 is 1.92. The minimum atomic E-state index is -0.255. The Bertz CT molecular complexity index is 891. The van der Waals surface area contributed by atoms with Gasteiger partial charge in [-0.15, -0.1) is 0 Å². The number of hydrogen-bond acceptors (Lipinski definition) is 3. The molecule has 0 amide bonds. The van der Waals surface area contributed by atoms with Crippen LogP contribution in [0.15, 0.2) is 59.0 Å². The molecule has 0 saturated heterocycles. The van der Waals surface area contributed by atoms with E-state index in [0.29, 0.717) is 6.61 Å². The smallest absolute Gasteiger partial charge is 0.134 e. The molecule has 0 atom stereocenters. The summed E-state index contributed by atoms with van der Waals surface area (Å²) in [5.74, 6) is 3.09. The SMILES string of the molecule is Cc1oc(-c2ccc(F)cc2)cc1COc1cccc(CSC(C)(C)C)c1. The van der Waals surface area contributed by atoms with Gasteiger partial charge < -0.3 is 9.15 Å². The molecule has 0 fully saturated rings. The number of benzene rings is 2. The molecule has 1 heterocycles. The molecule has 0 aliphatic heterocycles. The van der Waals surface area contributed by atoms with Crippen LogP contribution in [0.25, 0.3) is 11.3 Å². The Kier molecular flexibility index (Phi) is 5.95. The number of aryl methyl sites for hydroxylation is 1. The minimum Gasteiger partial charge on any atom is -0.489 e. The lowest BCUT2D eigenvalue weighted by Gasteiger charge is -2.17. The van der Waals surface area contributed by atoms with Crippen molar-refractivity contribution in [1.82, 2.24) is 0 Å². The van der Waals surface area contributed by atoms with E-state index in [4.69, 9.17) is 9.15 Å². The first kappa shape index (κ1) is 19.6. The number of hydrogen-bond donors (Lipinski definition) is 0. The van der Waals surface area contributed by atoms with Crippen molar-refractivity contribution in [2.24, 2.45) is 0 Å². The molecule has 0 unspecified atom stereocenters. The number of furan rings is 1. The molecule has 2 nitrogen and oxygen atoms in total. The highest BCUT2D eigenvalue weighted by molar-refractivity contribution is 7.99. The lowest BCUT2D eigenvalue weighted by molar-refractivity contribution is 0.303. The van der Waals surface area contributed by atoms with Crippen molar-refractivity contribution in [3.8, 4) is 17.1 Å². The fourth-order valence-electron chi connectivity index (χ4n) is 2.61. The number of thioether (sulfide) groups is 1. The van der Waals surface area contributed by atoms with Crippen LogP contribution < -0.4 is 4.74 Å². The Labute approximate surface area is 164 Å². The van der Waals surface area contributed by atoms with E-state index in [9.17, 15) is 4.39 Å². The molecule has 0 bridgehead atoms. The Morgan fingerprint density at radius 1 is 1.04 bits per heavy atom. The molecule has 0 aliphatic rings. The summed E-state index contributed by atoms with van der Waals surface area (Å²) in [4.78, 5) is 0. The van der Waals surface area contributed by atoms with Gasteiger partial charge in [0.05, 0.1) is 0 Å². The quantitative estimate of drug-likeness (QED) is 0.456. The summed E-state index contributed by atoms with van der Waals surface area (Å²) in [5.41, 5.74) is 3.10. The fourth-order valence-corrected chi connectivity index (χ4v) is 3.38. The molecule has 0 aliphatic carbocycles. The van der Waals surface area contributed by atoms with Crippen molar-refractivity contribution in [3.63, 3.8) is 0 Å². The monoisotopic (exact) mass is 384 g/mol. The zero-order valence-electron chi connectivity index (χ0n) is 16.2. The van der Waals surface area contributed by atoms with E-state index in [-0.39, 0.29) is 10.6 Å². The highest BCUT2D eigenvalue weighted by Gasteiger charge is 2.12. The molecule has 3 aromatic rings. The van der Waals surface area contributed by atoms with Gasteiger partial charge in [-0.3, -0.25) is 0 Å². The maximum Gasteiger partial charge on any atom is 0.134 e. The standard InChI is InChI=1S/C23H25FO2S/c1-16-19(13-22(26-16)18-8-10-20(24)11-9-18)14-25-21-7-5-6-17(12-21)15-27-23(2,3)4/h5-13H,14-15H2,1-4H3. The molecular weight excluding hydrogens is 359 g/mol. The molecule has 0 radical (unpaired) electrons. The zero-order chi connectivity index (χ0) is 19.4. The highest BCUT2D eigenvalue weighted by Crippen LogP contribution is 2.29. The van der Waals surface area contributed by atoms with Gasteiger partial charge >= 0.3 is 0 Å². The summed E-state index contributed by atoms with van der Waals surface area (Å²) in [7, 11) is 0. The van der Waals surface area contributed by atoms with E-state index in [1.807, 2.05) is 36.9 Å². The second-order valence-corrected chi connectivity index (χ2v) is 9.34. The fraction of sp³-hybridized carbons (Fsp3) is 0.304. The second kappa shape index (κ2) is 8.22. The second-order valence-electron chi connectivity index (χ2n) is 7.54. The third kappa shape index (κ3) is 5.64. The minimum absolute atomic E-state index is 0.238. The van der Waals surface area contributed by atoms with Crippen LogP contribution in [0, 0.1) is 12.7 Å². The van der Waals surface area contributed by atoms with E-state index in [1.54, 1.807) is 12.1 Å². The topological polar surface area (TPSA) is 22.4 Å². The predicted octanol–water partition coefficient (Wildman–Crippen LogP) is 7.00. The summed E-state index contributed by atoms with van der Waals surface area (Å²) in [6.45, 7) is 9.02. The summed E-state index contributed by atoms with van der Waals surface area (Å²) in [6, 6.07) is 16.5. The van der Waals surface area contributed by atoms with Gasteiger partial charge in [-0.2, -0.15) is 11.8 Å². The molecule has 142 valence electrons. The van der Waals surface area contributed by atoms with E-state index < -0.39 is 0 Å². The normalized spacial score (nSPS) is 11.6. The lowest BCUT2D eigenvalue weighted by Crippen LogP contribution is -2.07. The van der Waals surface area contributed by atoms with Crippen molar-refractivity contribution < 1.29 is 13.5 Å². The molecule has 3 rings (SSSR count). The average Bonchev–Trinajstić information content (AvgIpc) is 2.99. The third-order valence-electron chi connectivity index (χ3n) is 4.11. The van der Waals surface area contributed by atoms with Gasteiger partial charge in [-0.1, -0.05) is 32.9 Å². The van der Waals surface area contributed by atoms with Crippen LogP contribution in [0.3, 0.4) is 0 Å². The van der Waals surface area contributed by atoms with Crippen molar-refractivity contribution in [1.29, 1.82) is 0 Å². The molecule has 4 heteroatoms. The van der Waals surface area contributed by atoms with Crippen LogP contribution in [0.2, 0.25) is 0 Å². The highest BCUT2D eigenvalue weighted by atomic mass is 32.2. The van der Waals surface area contributed by atoms with Crippen LogP contribution in [-0.4, -0.2) is 4.75 Å². The average molecular weight is 385 g/mol. The van der Waals surface area contributed by atoms with Crippen molar-refractivity contribution in [3.05, 3.63) is 77.3 Å². The van der Waals surface area contributed by atoms with Gasteiger partial charge in [0.15, 0.2) is 0 Å². The third-order valence-corrected chi connectivity index (χ3v) is 5.46. The zero-order valence-corrected chi connectivity index (χ0v) is 17.0. The number of ether oxygens (including phenoxy) is 1. The van der Waals surface area contributed by atoms with Crippen LogP contribution in [0.4, 0.5) is 4.39 Å². The molecule has 0 N–H and O–H groups in total. The lowest BCUT2D eigenvalue weighted by atomic mass is 10.1. The largest absolute Gasteiger partial charge is 0.489 e. The maximum atomic E-state index is 13.1. The van der Waals surface area contributed by atoms with E-state index in [1.165, 1.54) is 17.7 Å². The Morgan fingerprint density at radius 3 is 2.48 bits per heavy atom. The molecule has 27 heavy (non-hydrogen) atoms. The molecule has 0 spiro atoms. The molecule has 0 saturated carbocycles. The van der Waals surface area contributed by atoms with Gasteiger partial charge in [0.1, 0.15) is 29.7 Å². The maximum absolute atomic E-state index is 13.1. The van der Waals surface area contributed by atoms with Crippen LogP contribution in [-0.2, 0) is 12.4 Å². The van der Waals surface area contributed by atoms with Gasteiger partial charge in [-0.25, -0.2) is 4.39 Å². The van der Waals surface area contributed by atoms with Crippen LogP contribution in [0.5, 0.6) is 5.75 Å². The van der Waals surface area contributed by atoms with Crippen LogP contribution >= 0.6 is 11.8 Å². The Balaban J connectivity index is 1.66. The first-order valence-electron chi connectivity index (χ1n) is 9.01. The molecule has 2 aromatic carbocycles. The van der Waals surface area contributed by atoms with Gasteiger partial charge in [0, 0.05) is 21.6 Å². The van der Waals surface area contributed by atoms with Crippen molar-refractivity contribution in [2.45, 2.75) is 44.8 Å². The first-order valence-corrected chi connectivity index (χ1v) is 10.00. The molecular formula is C23H25FO2S. The van der Waals surface area contributed by atoms with Crippen molar-refractivity contribution >= 4 is 11.8 Å². The van der Waals surface area contributed by atoms with Gasteiger partial charge in [0.2, 0.25) is 0 Å². The summed E-state index contributed by atoms with van der Waals surface area (Å²) < 4.78 is 25.1. The summed E-state index contributed by atoms with van der Waals surface area (Å²) in [5, 5.41) is 0. The van der Waals surface area contributed by atoms with Gasteiger partial charge in [0.25, 0.3) is 0 Å². The van der Waals surface area contributed by atoms with Gasteiger partial charge in [-0.05, 0) is 55.0 Å². The predicted molar refractivity (Wildman–Crippen MR) is 111 cm³/mol. The molecule has 1 aromatic heterocycles. The number of halogens is 1. The Morgan fingerprint density at radius 2 is 1.78 bits per heavy atom. The van der Waals surface area contributed by atoms with E-state index in [2.05, 4.69) is 32.9 Å². The van der Waals surface area contributed by atoms with E-state index >= 15 is 0 Å². The number of rotatable bonds is 6. The Hall–Kier alpha value is -2.20.